The Labute approximate surface area is 123 Å². The number of unbranched alkanes of at least 4 members (excludes halogenated alkanes) is 6. The van der Waals surface area contributed by atoms with E-state index in [9.17, 15) is 9.90 Å². The summed E-state index contributed by atoms with van der Waals surface area (Å²) in [4.78, 5) is 11.5. The lowest BCUT2D eigenvalue weighted by Crippen LogP contribution is -2.24. The molecule has 0 aromatic rings. The van der Waals surface area contributed by atoms with E-state index in [1.807, 2.05) is 0 Å². The second-order valence-corrected chi connectivity index (χ2v) is 5.84. The summed E-state index contributed by atoms with van der Waals surface area (Å²) in [5.74, 6) is -0.511. The highest BCUT2D eigenvalue weighted by atomic mass is 16.6. The van der Waals surface area contributed by atoms with E-state index in [4.69, 9.17) is 4.74 Å². The van der Waals surface area contributed by atoms with Crippen LogP contribution in [0.25, 0.3) is 0 Å². The number of hydrogen-bond donors (Lipinski definition) is 1. The van der Waals surface area contributed by atoms with Crippen molar-refractivity contribution in [3.05, 3.63) is 12.2 Å². The second-order valence-electron chi connectivity index (χ2n) is 5.84. The maximum absolute atomic E-state index is 11.5. The van der Waals surface area contributed by atoms with Crippen LogP contribution in [0.2, 0.25) is 0 Å². The van der Waals surface area contributed by atoms with Gasteiger partial charge in [-0.05, 0) is 32.6 Å². The van der Waals surface area contributed by atoms with Crippen molar-refractivity contribution in [2.45, 2.75) is 83.8 Å². The Bertz CT molecular complexity index is 299. The molecular formula is C17H30O3. The van der Waals surface area contributed by atoms with Crippen molar-refractivity contribution in [3.8, 4) is 0 Å². The molecular weight excluding hydrogens is 252 g/mol. The van der Waals surface area contributed by atoms with Crippen molar-refractivity contribution in [2.75, 3.05) is 0 Å². The minimum Gasteiger partial charge on any atom is -0.460 e. The lowest BCUT2D eigenvalue weighted by Gasteiger charge is -2.11. The number of allylic oxidation sites excluding steroid dienone is 2. The number of aliphatic hydroxyl groups excluding tert-OH is 1. The molecule has 0 spiro atoms. The van der Waals surface area contributed by atoms with Gasteiger partial charge in [-0.25, -0.2) is 0 Å². The van der Waals surface area contributed by atoms with E-state index in [0.717, 1.165) is 25.7 Å². The molecule has 1 aliphatic rings. The van der Waals surface area contributed by atoms with E-state index in [1.54, 1.807) is 6.92 Å². The number of aliphatic hydroxyl groups is 1. The smallest absolute Gasteiger partial charge is 0.312 e. The molecule has 116 valence electrons. The summed E-state index contributed by atoms with van der Waals surface area (Å²) < 4.78 is 5.03. The summed E-state index contributed by atoms with van der Waals surface area (Å²) >= 11 is 0. The van der Waals surface area contributed by atoms with Crippen LogP contribution >= 0.6 is 0 Å². The van der Waals surface area contributed by atoms with Crippen LogP contribution in [0.15, 0.2) is 12.2 Å². The molecule has 20 heavy (non-hydrogen) atoms. The SMILES string of the molecule is CCCC/C=C\CCCCCC[C@@H]1C(=O)O[C@@H](C)[C@@H]1O. The molecule has 1 rings (SSSR count). The average Bonchev–Trinajstić information content (AvgIpc) is 2.67. The molecule has 0 aliphatic carbocycles. The minimum atomic E-state index is -0.607. The second kappa shape index (κ2) is 9.98. The molecule has 3 heteroatoms. The standard InChI is InChI=1S/C17H30O3/c1-3-4-5-6-7-8-9-10-11-12-13-15-16(18)14(2)20-17(15)19/h6-7,14-16,18H,3-5,8-13H2,1-2H3/b7-6-/t14-,15-,16-/m0/s1. The monoisotopic (exact) mass is 282 g/mol. The van der Waals surface area contributed by atoms with Gasteiger partial charge in [-0.15, -0.1) is 0 Å². The Morgan fingerprint density at radius 2 is 1.75 bits per heavy atom. The minimum absolute atomic E-state index is 0.219. The molecule has 0 radical (unpaired) electrons. The Balaban J connectivity index is 1.97. The molecule has 0 bridgehead atoms. The number of cyclic esters (lactones) is 1. The lowest BCUT2D eigenvalue weighted by atomic mass is 9.95. The zero-order valence-electron chi connectivity index (χ0n) is 13.0. The Morgan fingerprint density at radius 3 is 2.35 bits per heavy atom. The molecule has 0 saturated carbocycles. The number of carbonyl (C=O) groups is 1. The van der Waals surface area contributed by atoms with Crippen LogP contribution in [0.1, 0.15) is 71.6 Å². The maximum Gasteiger partial charge on any atom is 0.312 e. The van der Waals surface area contributed by atoms with Crippen molar-refractivity contribution in [1.29, 1.82) is 0 Å². The summed E-state index contributed by atoms with van der Waals surface area (Å²) in [5.41, 5.74) is 0. The van der Waals surface area contributed by atoms with Crippen LogP contribution in [0.5, 0.6) is 0 Å². The third-order valence-corrected chi connectivity index (χ3v) is 4.02. The Hall–Kier alpha value is -0.830. The van der Waals surface area contributed by atoms with Gasteiger partial charge in [0.25, 0.3) is 0 Å². The van der Waals surface area contributed by atoms with Gasteiger partial charge in [0.15, 0.2) is 0 Å². The fourth-order valence-electron chi connectivity index (χ4n) is 2.63. The molecule has 1 fully saturated rings. The predicted octanol–water partition coefficient (Wildman–Crippen LogP) is 4.00. The van der Waals surface area contributed by atoms with Gasteiger partial charge in [-0.2, -0.15) is 0 Å². The molecule has 3 atom stereocenters. The van der Waals surface area contributed by atoms with Gasteiger partial charge in [0.1, 0.15) is 12.2 Å². The highest BCUT2D eigenvalue weighted by molar-refractivity contribution is 5.75. The molecule has 1 N–H and O–H groups in total. The average molecular weight is 282 g/mol. The Morgan fingerprint density at radius 1 is 1.10 bits per heavy atom. The molecule has 1 saturated heterocycles. The molecule has 0 aromatic heterocycles. The zero-order chi connectivity index (χ0) is 14.8. The van der Waals surface area contributed by atoms with E-state index >= 15 is 0 Å². The van der Waals surface area contributed by atoms with Crippen LogP contribution < -0.4 is 0 Å². The van der Waals surface area contributed by atoms with Crippen LogP contribution in [0.4, 0.5) is 0 Å². The first-order chi connectivity index (χ1) is 9.66. The summed E-state index contributed by atoms with van der Waals surface area (Å²) in [7, 11) is 0. The fourth-order valence-corrected chi connectivity index (χ4v) is 2.63. The highest BCUT2D eigenvalue weighted by Crippen LogP contribution is 2.26. The molecule has 0 amide bonds. The first-order valence-electron chi connectivity index (χ1n) is 8.20. The van der Waals surface area contributed by atoms with E-state index < -0.39 is 6.10 Å². The molecule has 1 heterocycles. The number of esters is 1. The molecule has 0 aromatic carbocycles. The zero-order valence-corrected chi connectivity index (χ0v) is 13.0. The summed E-state index contributed by atoms with van der Waals surface area (Å²) in [5, 5.41) is 9.82. The van der Waals surface area contributed by atoms with Crippen molar-refractivity contribution in [2.24, 2.45) is 5.92 Å². The third kappa shape index (κ3) is 6.08. The summed E-state index contributed by atoms with van der Waals surface area (Å²) in [6, 6.07) is 0. The van der Waals surface area contributed by atoms with Gasteiger partial charge in [-0.3, -0.25) is 4.79 Å². The number of hydrogen-bond acceptors (Lipinski definition) is 3. The Kier molecular flexibility index (Phi) is 8.59. The number of ether oxygens (including phenoxy) is 1. The summed E-state index contributed by atoms with van der Waals surface area (Å²) in [6.07, 6.45) is 13.9. The quantitative estimate of drug-likeness (QED) is 0.374. The molecule has 0 unspecified atom stereocenters. The topological polar surface area (TPSA) is 46.5 Å². The van der Waals surface area contributed by atoms with Gasteiger partial charge in [0.2, 0.25) is 0 Å². The molecule has 1 aliphatic heterocycles. The predicted molar refractivity (Wildman–Crippen MR) is 81.4 cm³/mol. The first kappa shape index (κ1) is 17.2. The van der Waals surface area contributed by atoms with Gasteiger partial charge < -0.3 is 9.84 Å². The van der Waals surface area contributed by atoms with Crippen LogP contribution in [0, 0.1) is 5.92 Å². The van der Waals surface area contributed by atoms with Gasteiger partial charge in [0.05, 0.1) is 5.92 Å². The van der Waals surface area contributed by atoms with Crippen LogP contribution in [0.3, 0.4) is 0 Å². The van der Waals surface area contributed by atoms with E-state index in [2.05, 4.69) is 19.1 Å². The van der Waals surface area contributed by atoms with Crippen molar-refractivity contribution in [3.63, 3.8) is 0 Å². The van der Waals surface area contributed by atoms with Gasteiger partial charge in [-0.1, -0.05) is 51.2 Å². The van der Waals surface area contributed by atoms with Crippen LogP contribution in [-0.2, 0) is 9.53 Å². The maximum atomic E-state index is 11.5. The van der Waals surface area contributed by atoms with Gasteiger partial charge >= 0.3 is 5.97 Å². The summed E-state index contributed by atoms with van der Waals surface area (Å²) in [6.45, 7) is 3.97. The van der Waals surface area contributed by atoms with Crippen molar-refractivity contribution < 1.29 is 14.6 Å². The molecule has 3 nitrogen and oxygen atoms in total. The van der Waals surface area contributed by atoms with E-state index in [1.165, 1.54) is 32.1 Å². The number of rotatable bonds is 10. The normalized spacial score (nSPS) is 26.4. The van der Waals surface area contributed by atoms with E-state index in [-0.39, 0.29) is 18.0 Å². The largest absolute Gasteiger partial charge is 0.460 e. The fraction of sp³-hybridized carbons (Fsp3) is 0.824. The van der Waals surface area contributed by atoms with Gasteiger partial charge in [0, 0.05) is 0 Å². The third-order valence-electron chi connectivity index (χ3n) is 4.02. The first-order valence-corrected chi connectivity index (χ1v) is 8.20. The van der Waals surface area contributed by atoms with E-state index in [0.29, 0.717) is 0 Å². The highest BCUT2D eigenvalue weighted by Gasteiger charge is 2.40. The lowest BCUT2D eigenvalue weighted by molar-refractivity contribution is -0.143. The van der Waals surface area contributed by atoms with Crippen molar-refractivity contribution >= 4 is 5.97 Å². The van der Waals surface area contributed by atoms with Crippen LogP contribution in [-0.4, -0.2) is 23.3 Å². The number of carbonyl (C=O) groups excluding carboxylic acids is 1. The van der Waals surface area contributed by atoms with Crippen molar-refractivity contribution in [1.82, 2.24) is 0 Å².